The molecule has 1 aliphatic rings. The van der Waals surface area contributed by atoms with E-state index >= 15 is 0 Å². The summed E-state index contributed by atoms with van der Waals surface area (Å²) in [5.74, 6) is 0.132. The van der Waals surface area contributed by atoms with Crippen LogP contribution in [-0.2, 0) is 4.79 Å². The average Bonchev–Trinajstić information content (AvgIpc) is 2.42. The molecule has 0 aromatic rings. The van der Waals surface area contributed by atoms with Crippen molar-refractivity contribution in [2.75, 3.05) is 33.2 Å². The number of hydrogen-bond donors (Lipinski definition) is 1. The number of likely N-dealkylation sites (N-methyl/N-ethyl adjacent to an activating group) is 1. The summed E-state index contributed by atoms with van der Waals surface area (Å²) in [6.07, 6.45) is 2.83. The molecule has 1 rings (SSSR count). The van der Waals surface area contributed by atoms with Crippen molar-refractivity contribution in [3.05, 3.63) is 0 Å². The van der Waals surface area contributed by atoms with Gasteiger partial charge in [-0.3, -0.25) is 4.79 Å². The van der Waals surface area contributed by atoms with Gasteiger partial charge >= 0.3 is 0 Å². The largest absolute Gasteiger partial charge is 0.340 e. The van der Waals surface area contributed by atoms with E-state index in [4.69, 9.17) is 5.73 Å². The molecular weight excluding hydrogens is 190 g/mol. The highest BCUT2D eigenvalue weighted by atomic mass is 16.2. The Bertz CT molecular complexity index is 208. The van der Waals surface area contributed by atoms with Crippen LogP contribution in [0.15, 0.2) is 0 Å². The number of carbonyl (C=O) groups is 1. The van der Waals surface area contributed by atoms with E-state index in [-0.39, 0.29) is 11.9 Å². The molecule has 1 aliphatic heterocycles. The Morgan fingerprint density at radius 3 is 2.73 bits per heavy atom. The monoisotopic (exact) mass is 213 g/mol. The molecule has 2 N–H and O–H groups in total. The summed E-state index contributed by atoms with van der Waals surface area (Å²) in [5, 5.41) is 0. The van der Waals surface area contributed by atoms with Crippen molar-refractivity contribution in [2.24, 2.45) is 5.73 Å². The van der Waals surface area contributed by atoms with Crippen molar-refractivity contribution in [1.29, 1.82) is 0 Å². The molecule has 1 heterocycles. The number of nitrogens with two attached hydrogens (primary N) is 1. The van der Waals surface area contributed by atoms with Gasteiger partial charge in [0, 0.05) is 19.6 Å². The molecule has 1 atom stereocenters. The Morgan fingerprint density at radius 1 is 1.33 bits per heavy atom. The Morgan fingerprint density at radius 2 is 2.07 bits per heavy atom. The van der Waals surface area contributed by atoms with E-state index in [1.165, 1.54) is 0 Å². The van der Waals surface area contributed by atoms with E-state index in [0.29, 0.717) is 0 Å². The van der Waals surface area contributed by atoms with Gasteiger partial charge in [-0.1, -0.05) is 13.3 Å². The van der Waals surface area contributed by atoms with Gasteiger partial charge in [0.2, 0.25) is 5.91 Å². The summed E-state index contributed by atoms with van der Waals surface area (Å²) in [5.41, 5.74) is 5.84. The maximum atomic E-state index is 11.9. The second kappa shape index (κ2) is 6.08. The summed E-state index contributed by atoms with van der Waals surface area (Å²) >= 11 is 0. The van der Waals surface area contributed by atoms with Gasteiger partial charge in [0.05, 0.1) is 6.04 Å². The highest BCUT2D eigenvalue weighted by molar-refractivity contribution is 5.81. The van der Waals surface area contributed by atoms with Gasteiger partial charge in [0.15, 0.2) is 0 Å². The van der Waals surface area contributed by atoms with Gasteiger partial charge < -0.3 is 15.5 Å². The van der Waals surface area contributed by atoms with Crippen LogP contribution in [0, 0.1) is 0 Å². The van der Waals surface area contributed by atoms with Crippen LogP contribution in [0.2, 0.25) is 0 Å². The van der Waals surface area contributed by atoms with Gasteiger partial charge in [-0.05, 0) is 26.4 Å². The van der Waals surface area contributed by atoms with Crippen LogP contribution in [0.1, 0.15) is 26.2 Å². The normalized spacial score (nSPS) is 21.1. The first kappa shape index (κ1) is 12.5. The van der Waals surface area contributed by atoms with Gasteiger partial charge in [-0.25, -0.2) is 0 Å². The predicted molar refractivity (Wildman–Crippen MR) is 61.6 cm³/mol. The molecular formula is C11H23N3O. The molecule has 0 spiro atoms. The minimum absolute atomic E-state index is 0.132. The summed E-state index contributed by atoms with van der Waals surface area (Å²) < 4.78 is 0. The minimum Gasteiger partial charge on any atom is -0.340 e. The quantitative estimate of drug-likeness (QED) is 0.732. The van der Waals surface area contributed by atoms with Crippen LogP contribution in [0.3, 0.4) is 0 Å². The summed E-state index contributed by atoms with van der Waals surface area (Å²) in [7, 11) is 2.10. The molecule has 88 valence electrons. The molecule has 1 unspecified atom stereocenters. The molecule has 0 aromatic heterocycles. The molecule has 4 heteroatoms. The van der Waals surface area contributed by atoms with Crippen LogP contribution in [-0.4, -0.2) is 55.0 Å². The summed E-state index contributed by atoms with van der Waals surface area (Å²) in [6, 6.07) is -0.293. The first-order valence-corrected chi connectivity index (χ1v) is 5.88. The van der Waals surface area contributed by atoms with Crippen molar-refractivity contribution < 1.29 is 4.79 Å². The Balaban J connectivity index is 2.44. The number of carbonyl (C=O) groups excluding carboxylic acids is 1. The van der Waals surface area contributed by atoms with E-state index in [9.17, 15) is 4.79 Å². The predicted octanol–water partition coefficient (Wildman–Crippen LogP) is 0.278. The lowest BCUT2D eigenvalue weighted by Gasteiger charge is -2.23. The van der Waals surface area contributed by atoms with Gasteiger partial charge in [0.25, 0.3) is 0 Å². The topological polar surface area (TPSA) is 49.6 Å². The third-order valence-electron chi connectivity index (χ3n) is 2.95. The molecule has 1 fully saturated rings. The number of hydrogen-bond acceptors (Lipinski definition) is 3. The molecule has 0 aromatic carbocycles. The van der Waals surface area contributed by atoms with Crippen LogP contribution < -0.4 is 5.73 Å². The van der Waals surface area contributed by atoms with Gasteiger partial charge in [0.1, 0.15) is 0 Å². The maximum Gasteiger partial charge on any atom is 0.239 e. The SMILES string of the molecule is CCCC(N)C(=O)N1CCCN(C)CC1. The molecule has 0 aliphatic carbocycles. The highest BCUT2D eigenvalue weighted by Gasteiger charge is 2.21. The van der Waals surface area contributed by atoms with Crippen molar-refractivity contribution in [2.45, 2.75) is 32.2 Å². The highest BCUT2D eigenvalue weighted by Crippen LogP contribution is 2.05. The fourth-order valence-corrected chi connectivity index (χ4v) is 1.94. The standard InChI is InChI=1S/C11H23N3O/c1-3-5-10(12)11(15)14-7-4-6-13(2)8-9-14/h10H,3-9,12H2,1-2H3. The lowest BCUT2D eigenvalue weighted by Crippen LogP contribution is -2.45. The van der Waals surface area contributed by atoms with Gasteiger partial charge in [-0.2, -0.15) is 0 Å². The third-order valence-corrected chi connectivity index (χ3v) is 2.95. The van der Waals surface area contributed by atoms with Crippen molar-refractivity contribution >= 4 is 5.91 Å². The zero-order valence-corrected chi connectivity index (χ0v) is 9.91. The average molecular weight is 213 g/mol. The zero-order chi connectivity index (χ0) is 11.3. The molecule has 0 saturated carbocycles. The Labute approximate surface area is 92.4 Å². The van der Waals surface area contributed by atoms with Crippen LogP contribution >= 0.6 is 0 Å². The smallest absolute Gasteiger partial charge is 0.239 e. The lowest BCUT2D eigenvalue weighted by molar-refractivity contribution is -0.132. The molecule has 4 nitrogen and oxygen atoms in total. The summed E-state index contributed by atoms with van der Waals surface area (Å²) in [6.45, 7) is 5.79. The van der Waals surface area contributed by atoms with Crippen molar-refractivity contribution in [3.8, 4) is 0 Å². The Hall–Kier alpha value is -0.610. The molecule has 1 amide bonds. The van der Waals surface area contributed by atoms with Crippen LogP contribution in [0.25, 0.3) is 0 Å². The number of nitrogens with zero attached hydrogens (tertiary/aromatic N) is 2. The van der Waals surface area contributed by atoms with E-state index in [1.54, 1.807) is 0 Å². The second-order valence-corrected chi connectivity index (χ2v) is 4.38. The molecule has 0 bridgehead atoms. The van der Waals surface area contributed by atoms with E-state index < -0.39 is 0 Å². The minimum atomic E-state index is -0.293. The van der Waals surface area contributed by atoms with E-state index in [0.717, 1.165) is 45.4 Å². The van der Waals surface area contributed by atoms with E-state index in [1.807, 2.05) is 4.90 Å². The first-order chi connectivity index (χ1) is 7.15. The third kappa shape index (κ3) is 3.80. The first-order valence-electron chi connectivity index (χ1n) is 5.88. The molecule has 15 heavy (non-hydrogen) atoms. The number of amides is 1. The van der Waals surface area contributed by atoms with Crippen LogP contribution in [0.4, 0.5) is 0 Å². The van der Waals surface area contributed by atoms with Gasteiger partial charge in [-0.15, -0.1) is 0 Å². The zero-order valence-electron chi connectivity index (χ0n) is 9.91. The van der Waals surface area contributed by atoms with Crippen molar-refractivity contribution in [1.82, 2.24) is 9.80 Å². The fourth-order valence-electron chi connectivity index (χ4n) is 1.94. The summed E-state index contributed by atoms with van der Waals surface area (Å²) in [4.78, 5) is 16.1. The lowest BCUT2D eigenvalue weighted by atomic mass is 10.1. The Kier molecular flexibility index (Phi) is 5.05. The maximum absolute atomic E-state index is 11.9. The second-order valence-electron chi connectivity index (χ2n) is 4.38. The number of rotatable bonds is 3. The fraction of sp³-hybridized carbons (Fsp3) is 0.909. The molecule has 1 saturated heterocycles. The molecule has 0 radical (unpaired) electrons. The van der Waals surface area contributed by atoms with Crippen LogP contribution in [0.5, 0.6) is 0 Å². The van der Waals surface area contributed by atoms with E-state index in [2.05, 4.69) is 18.9 Å². The van der Waals surface area contributed by atoms with Crippen molar-refractivity contribution in [3.63, 3.8) is 0 Å².